The zero-order chi connectivity index (χ0) is 13.1. The number of ketones is 1. The van der Waals surface area contributed by atoms with E-state index < -0.39 is 11.6 Å². The first-order valence-electron chi connectivity index (χ1n) is 5.30. The van der Waals surface area contributed by atoms with Crippen LogP contribution in [0.3, 0.4) is 0 Å². The van der Waals surface area contributed by atoms with E-state index in [4.69, 9.17) is 4.74 Å². The van der Waals surface area contributed by atoms with Gasteiger partial charge in [0, 0.05) is 5.56 Å². The molecule has 0 unspecified atom stereocenters. The number of Topliss-reactive ketones (excluding diaryl/α,β-unsaturated/α-hetero) is 1. The van der Waals surface area contributed by atoms with Crippen molar-refractivity contribution in [1.29, 1.82) is 0 Å². The van der Waals surface area contributed by atoms with Gasteiger partial charge >= 0.3 is 0 Å². The molecule has 0 aliphatic heterocycles. The van der Waals surface area contributed by atoms with Crippen molar-refractivity contribution in [3.8, 4) is 11.5 Å². The number of carbonyl (C=O) groups excluding carboxylic acids is 1. The molecule has 0 aliphatic carbocycles. The summed E-state index contributed by atoms with van der Waals surface area (Å²) in [5, 5.41) is 0. The molecule has 0 fully saturated rings. The van der Waals surface area contributed by atoms with Gasteiger partial charge in [-0.3, -0.25) is 4.79 Å². The van der Waals surface area contributed by atoms with Crippen LogP contribution in [0.4, 0.5) is 8.78 Å². The summed E-state index contributed by atoms with van der Waals surface area (Å²) in [4.78, 5) is 11.1. The normalized spacial score (nSPS) is 10.2. The van der Waals surface area contributed by atoms with Crippen LogP contribution in [0.2, 0.25) is 0 Å². The van der Waals surface area contributed by atoms with E-state index in [1.54, 1.807) is 0 Å². The Hall–Kier alpha value is -2.23. The van der Waals surface area contributed by atoms with Gasteiger partial charge in [0.05, 0.1) is 0 Å². The molecule has 0 bridgehead atoms. The quantitative estimate of drug-likeness (QED) is 0.768. The Balaban J connectivity index is 2.24. The average Bonchev–Trinajstić information content (AvgIpc) is 2.34. The van der Waals surface area contributed by atoms with E-state index in [0.717, 1.165) is 6.07 Å². The molecule has 2 rings (SSSR count). The van der Waals surface area contributed by atoms with Crippen LogP contribution < -0.4 is 4.74 Å². The summed E-state index contributed by atoms with van der Waals surface area (Å²) < 4.78 is 31.5. The molecule has 0 radical (unpaired) electrons. The molecule has 2 aromatic carbocycles. The minimum atomic E-state index is -0.632. The van der Waals surface area contributed by atoms with Gasteiger partial charge in [0.2, 0.25) is 0 Å². The number of rotatable bonds is 3. The maximum atomic E-state index is 13.6. The van der Waals surface area contributed by atoms with Crippen molar-refractivity contribution < 1.29 is 18.3 Å². The molecule has 0 spiro atoms. The minimum absolute atomic E-state index is 0.00777. The van der Waals surface area contributed by atoms with Crippen LogP contribution in [0.5, 0.6) is 11.5 Å². The number of hydrogen-bond acceptors (Lipinski definition) is 2. The second kappa shape index (κ2) is 4.96. The van der Waals surface area contributed by atoms with Crippen molar-refractivity contribution >= 4 is 5.78 Å². The molecule has 18 heavy (non-hydrogen) atoms. The van der Waals surface area contributed by atoms with E-state index in [2.05, 4.69) is 0 Å². The second-order valence-electron chi connectivity index (χ2n) is 3.76. The van der Waals surface area contributed by atoms with Crippen molar-refractivity contribution in [3.05, 3.63) is 59.7 Å². The monoisotopic (exact) mass is 248 g/mol. The molecular weight excluding hydrogens is 238 g/mol. The SMILES string of the molecule is CC(=O)c1ccc(Oc2ccc(F)cc2)c(F)c1. The van der Waals surface area contributed by atoms with Crippen molar-refractivity contribution in [2.45, 2.75) is 6.92 Å². The fourth-order valence-electron chi connectivity index (χ4n) is 1.43. The molecule has 0 amide bonds. The van der Waals surface area contributed by atoms with Crippen LogP contribution in [0.25, 0.3) is 0 Å². The van der Waals surface area contributed by atoms with Crippen molar-refractivity contribution in [2.24, 2.45) is 0 Å². The van der Waals surface area contributed by atoms with Gasteiger partial charge in [0.1, 0.15) is 11.6 Å². The summed E-state index contributed by atoms with van der Waals surface area (Å²) in [6.07, 6.45) is 0. The van der Waals surface area contributed by atoms with Crippen LogP contribution >= 0.6 is 0 Å². The van der Waals surface area contributed by atoms with Crippen LogP contribution in [-0.4, -0.2) is 5.78 Å². The van der Waals surface area contributed by atoms with Gasteiger partial charge in [0.25, 0.3) is 0 Å². The predicted molar refractivity (Wildman–Crippen MR) is 62.9 cm³/mol. The van der Waals surface area contributed by atoms with E-state index in [-0.39, 0.29) is 17.1 Å². The number of benzene rings is 2. The van der Waals surface area contributed by atoms with Crippen LogP contribution in [0, 0.1) is 11.6 Å². The molecule has 92 valence electrons. The lowest BCUT2D eigenvalue weighted by atomic mass is 10.1. The van der Waals surface area contributed by atoms with Gasteiger partial charge in [0.15, 0.2) is 17.3 Å². The van der Waals surface area contributed by atoms with Crippen LogP contribution in [0.15, 0.2) is 42.5 Å². The molecule has 0 aliphatic rings. The topological polar surface area (TPSA) is 26.3 Å². The van der Waals surface area contributed by atoms with Gasteiger partial charge in [-0.05, 0) is 49.4 Å². The van der Waals surface area contributed by atoms with Gasteiger partial charge < -0.3 is 4.74 Å². The zero-order valence-electron chi connectivity index (χ0n) is 9.61. The number of hydrogen-bond donors (Lipinski definition) is 0. The van der Waals surface area contributed by atoms with Gasteiger partial charge in [-0.25, -0.2) is 8.78 Å². The van der Waals surface area contributed by atoms with Crippen LogP contribution in [-0.2, 0) is 0 Å². The van der Waals surface area contributed by atoms with Gasteiger partial charge in [-0.2, -0.15) is 0 Å². The predicted octanol–water partition coefficient (Wildman–Crippen LogP) is 3.96. The maximum absolute atomic E-state index is 13.6. The lowest BCUT2D eigenvalue weighted by molar-refractivity contribution is 0.101. The molecule has 0 N–H and O–H groups in total. The fourth-order valence-corrected chi connectivity index (χ4v) is 1.43. The third kappa shape index (κ3) is 2.71. The number of halogens is 2. The average molecular weight is 248 g/mol. The summed E-state index contributed by atoms with van der Waals surface area (Å²) in [5.74, 6) is -0.929. The van der Waals surface area contributed by atoms with E-state index in [9.17, 15) is 13.6 Å². The van der Waals surface area contributed by atoms with Gasteiger partial charge in [-0.15, -0.1) is 0 Å². The molecule has 0 aromatic heterocycles. The Morgan fingerprint density at radius 2 is 1.72 bits per heavy atom. The summed E-state index contributed by atoms with van der Waals surface area (Å²) in [5.41, 5.74) is 0.277. The highest BCUT2D eigenvalue weighted by atomic mass is 19.1. The third-order valence-corrected chi connectivity index (χ3v) is 2.38. The van der Waals surface area contributed by atoms with E-state index >= 15 is 0 Å². The largest absolute Gasteiger partial charge is 0.454 e. The summed E-state index contributed by atoms with van der Waals surface area (Å²) in [6, 6.07) is 9.19. The van der Waals surface area contributed by atoms with Crippen LogP contribution in [0.1, 0.15) is 17.3 Å². The molecule has 0 saturated carbocycles. The van der Waals surface area contributed by atoms with Crippen molar-refractivity contribution in [2.75, 3.05) is 0 Å². The molecule has 4 heteroatoms. The van der Waals surface area contributed by atoms with Crippen molar-refractivity contribution in [3.63, 3.8) is 0 Å². The van der Waals surface area contributed by atoms with Crippen molar-refractivity contribution in [1.82, 2.24) is 0 Å². The lowest BCUT2D eigenvalue weighted by Crippen LogP contribution is -1.95. The molecular formula is C14H10F2O2. The lowest BCUT2D eigenvalue weighted by Gasteiger charge is -2.07. The first kappa shape index (κ1) is 12.2. The smallest absolute Gasteiger partial charge is 0.166 e. The molecule has 0 saturated heterocycles. The summed E-state index contributed by atoms with van der Waals surface area (Å²) >= 11 is 0. The Labute approximate surface area is 103 Å². The van der Waals surface area contributed by atoms with E-state index in [0.29, 0.717) is 5.75 Å². The molecule has 0 heterocycles. The Kier molecular flexibility index (Phi) is 3.37. The van der Waals surface area contributed by atoms with E-state index in [1.165, 1.54) is 43.3 Å². The highest BCUT2D eigenvalue weighted by Crippen LogP contribution is 2.25. The number of carbonyl (C=O) groups is 1. The summed E-state index contributed by atoms with van der Waals surface area (Å²) in [7, 11) is 0. The zero-order valence-corrected chi connectivity index (χ0v) is 9.61. The Morgan fingerprint density at radius 1 is 1.06 bits per heavy atom. The molecule has 2 nitrogen and oxygen atoms in total. The highest BCUT2D eigenvalue weighted by molar-refractivity contribution is 5.94. The summed E-state index contributed by atoms with van der Waals surface area (Å²) in [6.45, 7) is 1.36. The molecule has 2 aromatic rings. The van der Waals surface area contributed by atoms with Gasteiger partial charge in [-0.1, -0.05) is 0 Å². The Morgan fingerprint density at radius 3 is 2.28 bits per heavy atom. The first-order chi connectivity index (χ1) is 8.56. The first-order valence-corrected chi connectivity index (χ1v) is 5.30. The van der Waals surface area contributed by atoms with E-state index in [1.807, 2.05) is 0 Å². The number of ether oxygens (including phenoxy) is 1. The second-order valence-corrected chi connectivity index (χ2v) is 3.76. The fraction of sp³-hybridized carbons (Fsp3) is 0.0714. The maximum Gasteiger partial charge on any atom is 0.166 e. The third-order valence-electron chi connectivity index (χ3n) is 2.38. The highest BCUT2D eigenvalue weighted by Gasteiger charge is 2.08. The standard InChI is InChI=1S/C14H10F2O2/c1-9(17)10-2-7-14(13(16)8-10)18-12-5-3-11(15)4-6-12/h2-8H,1H3. The minimum Gasteiger partial charge on any atom is -0.454 e. The Bertz CT molecular complexity index is 577. The molecule has 0 atom stereocenters.